The fourth-order valence-corrected chi connectivity index (χ4v) is 5.35. The third-order valence-electron chi connectivity index (χ3n) is 7.57. The number of carbonyl (C=O) groups excluding carboxylic acids is 1. The van der Waals surface area contributed by atoms with Crippen molar-refractivity contribution in [2.75, 3.05) is 53.4 Å². The third kappa shape index (κ3) is 6.84. The summed E-state index contributed by atoms with van der Waals surface area (Å²) in [5.74, 6) is -0.0895. The molecule has 2 heterocycles. The van der Waals surface area contributed by atoms with Crippen molar-refractivity contribution in [2.45, 2.75) is 45.6 Å². The highest BCUT2D eigenvalue weighted by Gasteiger charge is 2.20. The van der Waals surface area contributed by atoms with Gasteiger partial charge in [0.25, 0.3) is 0 Å². The zero-order chi connectivity index (χ0) is 26.4. The maximum absolute atomic E-state index is 13.0. The van der Waals surface area contributed by atoms with Crippen LogP contribution in [0.25, 0.3) is 18.2 Å². The molecule has 0 saturated carbocycles. The summed E-state index contributed by atoms with van der Waals surface area (Å²) in [5.41, 5.74) is 3.43. The highest BCUT2D eigenvalue weighted by molar-refractivity contribution is 5.92. The summed E-state index contributed by atoms with van der Waals surface area (Å²) in [5, 5.41) is 21.8. The van der Waals surface area contributed by atoms with Crippen LogP contribution in [0.15, 0.2) is 24.3 Å². The van der Waals surface area contributed by atoms with Crippen molar-refractivity contribution in [1.29, 1.82) is 0 Å². The van der Waals surface area contributed by atoms with E-state index in [4.69, 9.17) is 0 Å². The van der Waals surface area contributed by atoms with Crippen LogP contribution in [0.1, 0.15) is 42.5 Å². The molecule has 1 saturated heterocycles. The van der Waals surface area contributed by atoms with Crippen LogP contribution in [0.2, 0.25) is 0 Å². The summed E-state index contributed by atoms with van der Waals surface area (Å²) < 4.78 is 2.44. The first-order valence-corrected chi connectivity index (χ1v) is 13.6. The van der Waals surface area contributed by atoms with E-state index in [1.807, 2.05) is 17.0 Å². The largest absolute Gasteiger partial charge is 0.504 e. The average molecular weight is 507 g/mol. The highest BCUT2D eigenvalue weighted by atomic mass is 16.3. The topological polar surface area (TPSA) is 72.2 Å². The lowest BCUT2D eigenvalue weighted by molar-refractivity contribution is -0.127. The normalized spacial score (nSPS) is 16.2. The van der Waals surface area contributed by atoms with Crippen LogP contribution >= 0.6 is 0 Å². The second-order valence-corrected chi connectivity index (χ2v) is 10.5. The summed E-state index contributed by atoms with van der Waals surface area (Å²) in [7, 11) is 4.24. The maximum atomic E-state index is 13.0. The van der Waals surface area contributed by atoms with Gasteiger partial charge in [0.1, 0.15) is 0 Å². The molecule has 1 amide bonds. The summed E-state index contributed by atoms with van der Waals surface area (Å²) in [6.45, 7) is 8.27. The van der Waals surface area contributed by atoms with Gasteiger partial charge in [0.05, 0.1) is 0 Å². The minimum absolute atomic E-state index is 0.0774. The first-order chi connectivity index (χ1) is 17.8. The van der Waals surface area contributed by atoms with Crippen molar-refractivity contribution in [3.63, 3.8) is 0 Å². The Labute approximate surface area is 220 Å². The molecule has 0 radical (unpaired) electrons. The summed E-state index contributed by atoms with van der Waals surface area (Å²) in [6.07, 6.45) is 13.7. The standard InChI is InChI=1S/C30H42N4O3/c1-23-25(26-8-4-5-9-27(26)34(23)16-7-6-15-31(2)3)11-13-30(37)33-20-18-32(19-21-33)17-14-24-10-12-28(35)29(36)22-24/h8-13,22,35-36H,4-7,14-21H2,1-3H3/b13-11+. The van der Waals surface area contributed by atoms with Crippen LogP contribution in [0.3, 0.4) is 0 Å². The van der Waals surface area contributed by atoms with Gasteiger partial charge in [-0.2, -0.15) is 0 Å². The van der Waals surface area contributed by atoms with Gasteiger partial charge in [0.15, 0.2) is 11.5 Å². The number of unbranched alkanes of at least 4 members (excludes halogenated alkanes) is 1. The molecule has 7 heteroatoms. The van der Waals surface area contributed by atoms with E-state index in [2.05, 4.69) is 47.5 Å². The van der Waals surface area contributed by atoms with Gasteiger partial charge >= 0.3 is 0 Å². The average Bonchev–Trinajstić information content (AvgIpc) is 3.16. The number of phenolic OH excluding ortho intramolecular Hbond substituents is 2. The molecule has 0 bridgehead atoms. The molecule has 1 aromatic carbocycles. The number of carbonyl (C=O) groups is 1. The first kappa shape index (κ1) is 27.0. The number of phenols is 2. The molecule has 0 atom stereocenters. The first-order valence-electron chi connectivity index (χ1n) is 13.6. The zero-order valence-corrected chi connectivity index (χ0v) is 22.6. The van der Waals surface area contributed by atoms with E-state index in [0.29, 0.717) is 13.1 Å². The Balaban J connectivity index is 1.34. The molecule has 1 fully saturated rings. The number of aromatic hydroxyl groups is 2. The Morgan fingerprint density at radius 2 is 1.76 bits per heavy atom. The smallest absolute Gasteiger partial charge is 0.246 e. The second kappa shape index (κ2) is 12.5. The van der Waals surface area contributed by atoms with E-state index < -0.39 is 0 Å². The molecule has 1 aliphatic heterocycles. The monoisotopic (exact) mass is 506 g/mol. The predicted molar refractivity (Wildman–Crippen MR) is 150 cm³/mol. The molecule has 200 valence electrons. The fourth-order valence-electron chi connectivity index (χ4n) is 5.35. The lowest BCUT2D eigenvalue weighted by atomic mass is 10.1. The number of fused-ring (bicyclic) bond motifs is 1. The molecule has 7 nitrogen and oxygen atoms in total. The van der Waals surface area contributed by atoms with Crippen molar-refractivity contribution in [3.8, 4) is 11.5 Å². The number of rotatable bonds is 10. The van der Waals surface area contributed by atoms with Gasteiger partial charge in [-0.25, -0.2) is 0 Å². The zero-order valence-electron chi connectivity index (χ0n) is 22.6. The molecule has 2 N–H and O–H groups in total. The quantitative estimate of drug-likeness (QED) is 0.294. The van der Waals surface area contributed by atoms with Crippen molar-refractivity contribution in [3.05, 3.63) is 51.7 Å². The maximum Gasteiger partial charge on any atom is 0.246 e. The van der Waals surface area contributed by atoms with E-state index in [9.17, 15) is 15.0 Å². The highest BCUT2D eigenvalue weighted by Crippen LogP contribution is 2.25. The minimum atomic E-state index is -0.0905. The van der Waals surface area contributed by atoms with Crippen molar-refractivity contribution < 1.29 is 15.0 Å². The van der Waals surface area contributed by atoms with Crippen molar-refractivity contribution >= 4 is 24.1 Å². The van der Waals surface area contributed by atoms with Crippen LogP contribution in [0.5, 0.6) is 11.5 Å². The van der Waals surface area contributed by atoms with Gasteiger partial charge in [-0.05, 0) is 83.4 Å². The van der Waals surface area contributed by atoms with E-state index in [0.717, 1.165) is 64.0 Å². The van der Waals surface area contributed by atoms with Crippen LogP contribution in [-0.2, 0) is 17.8 Å². The van der Waals surface area contributed by atoms with Crippen LogP contribution in [0.4, 0.5) is 0 Å². The Morgan fingerprint density at radius 1 is 1.00 bits per heavy atom. The number of amides is 1. The fraction of sp³-hybridized carbons (Fsp3) is 0.500. The minimum Gasteiger partial charge on any atom is -0.504 e. The molecule has 0 spiro atoms. The number of hydrogen-bond donors (Lipinski definition) is 2. The van der Waals surface area contributed by atoms with Crippen LogP contribution in [0, 0.1) is 6.92 Å². The summed E-state index contributed by atoms with van der Waals surface area (Å²) in [6, 6.07) is 4.99. The second-order valence-electron chi connectivity index (χ2n) is 10.5. The Kier molecular flexibility index (Phi) is 9.11. The van der Waals surface area contributed by atoms with Crippen molar-refractivity contribution in [2.24, 2.45) is 0 Å². The number of nitrogens with zero attached hydrogens (tertiary/aromatic N) is 4. The number of aromatic nitrogens is 1. The molecule has 0 unspecified atom stereocenters. The SMILES string of the molecule is Cc1c(/C=C/C(=O)N2CCN(CCc3ccc(O)c(O)c3)CC2)c2c(n1CCCCN(C)C)=CCCC=2. The lowest BCUT2D eigenvalue weighted by Gasteiger charge is -2.34. The molecule has 4 rings (SSSR count). The van der Waals surface area contributed by atoms with Crippen LogP contribution < -0.4 is 10.6 Å². The number of benzene rings is 1. The van der Waals surface area contributed by atoms with E-state index in [1.165, 1.54) is 34.3 Å². The van der Waals surface area contributed by atoms with Crippen LogP contribution in [-0.4, -0.2) is 88.8 Å². The molecule has 37 heavy (non-hydrogen) atoms. The van der Waals surface area contributed by atoms with Gasteiger partial charge < -0.3 is 24.6 Å². The summed E-state index contributed by atoms with van der Waals surface area (Å²) in [4.78, 5) is 19.5. The number of hydrogen-bond acceptors (Lipinski definition) is 5. The van der Waals surface area contributed by atoms with Gasteiger partial charge in [-0.3, -0.25) is 9.69 Å². The predicted octanol–water partition coefficient (Wildman–Crippen LogP) is 2.30. The van der Waals surface area contributed by atoms with Gasteiger partial charge in [-0.1, -0.05) is 18.2 Å². The molecule has 1 aliphatic carbocycles. The Bertz CT molecular complexity index is 1240. The van der Waals surface area contributed by atoms with Crippen molar-refractivity contribution in [1.82, 2.24) is 19.3 Å². The Hall–Kier alpha value is -3.03. The lowest BCUT2D eigenvalue weighted by Crippen LogP contribution is -2.48. The summed E-state index contributed by atoms with van der Waals surface area (Å²) >= 11 is 0. The van der Waals surface area contributed by atoms with E-state index in [1.54, 1.807) is 12.1 Å². The molecule has 2 aliphatic rings. The van der Waals surface area contributed by atoms with E-state index in [-0.39, 0.29) is 17.4 Å². The molecular formula is C30H42N4O3. The van der Waals surface area contributed by atoms with Gasteiger partial charge in [-0.15, -0.1) is 0 Å². The van der Waals surface area contributed by atoms with Gasteiger partial charge in [0.2, 0.25) is 5.91 Å². The van der Waals surface area contributed by atoms with Gasteiger partial charge in [0, 0.05) is 67.2 Å². The molecular weight excluding hydrogens is 464 g/mol. The third-order valence-corrected chi connectivity index (χ3v) is 7.57. The molecule has 1 aromatic heterocycles. The molecule has 2 aromatic rings. The number of piperazine rings is 1. The Morgan fingerprint density at radius 3 is 2.49 bits per heavy atom. The van der Waals surface area contributed by atoms with E-state index >= 15 is 0 Å².